The quantitative estimate of drug-likeness (QED) is 0.283. The maximum Gasteiger partial charge on any atom is 0.225 e. The number of nitrogens with two attached hydrogens (primary N) is 1. The second kappa shape index (κ2) is 9.95. The van der Waals surface area contributed by atoms with Crippen molar-refractivity contribution in [1.29, 1.82) is 0 Å². The minimum atomic E-state index is -0.0857. The summed E-state index contributed by atoms with van der Waals surface area (Å²) in [6.45, 7) is 10.4. The van der Waals surface area contributed by atoms with Crippen LogP contribution < -0.4 is 11.2 Å². The second-order valence-electron chi connectivity index (χ2n) is 9.44. The van der Waals surface area contributed by atoms with Gasteiger partial charge in [-0.1, -0.05) is 75.0 Å². The van der Waals surface area contributed by atoms with E-state index in [1.807, 2.05) is 61.0 Å². The molecule has 0 bridgehead atoms. The molecule has 2 heterocycles. The topological polar surface area (TPSA) is 104 Å². The second-order valence-corrected chi connectivity index (χ2v) is 10.5. The van der Waals surface area contributed by atoms with Crippen LogP contribution in [0.1, 0.15) is 44.1 Å². The van der Waals surface area contributed by atoms with E-state index in [0.29, 0.717) is 23.2 Å². The average Bonchev–Trinajstić information content (AvgIpc) is 3.33. The molecule has 8 nitrogen and oxygen atoms in total. The number of para-hydroxylation sites is 1. The number of nitrogen functional groups attached to an aromatic ring is 1. The van der Waals surface area contributed by atoms with E-state index in [9.17, 15) is 4.79 Å². The van der Waals surface area contributed by atoms with Gasteiger partial charge in [-0.15, -0.1) is 10.2 Å². The molecular formula is C26H31N7OS. The highest BCUT2D eigenvalue weighted by molar-refractivity contribution is 7.99. The van der Waals surface area contributed by atoms with Crippen molar-refractivity contribution in [1.82, 2.24) is 24.7 Å². The summed E-state index contributed by atoms with van der Waals surface area (Å²) in [5, 5.41) is 16.6. The number of hydrogen-bond acceptors (Lipinski definition) is 6. The Bertz CT molecular complexity index is 1320. The third kappa shape index (κ3) is 5.40. The molecular weight excluding hydrogens is 458 g/mol. The van der Waals surface area contributed by atoms with Gasteiger partial charge in [0, 0.05) is 17.7 Å². The first-order valence-corrected chi connectivity index (χ1v) is 12.5. The molecule has 9 heteroatoms. The predicted octanol–water partition coefficient (Wildman–Crippen LogP) is 4.88. The molecule has 2 aromatic carbocycles. The molecule has 0 spiro atoms. The van der Waals surface area contributed by atoms with Crippen LogP contribution in [-0.2, 0) is 10.2 Å². The summed E-state index contributed by atoms with van der Waals surface area (Å²) in [6, 6.07) is 18.1. The number of amides is 1. The van der Waals surface area contributed by atoms with E-state index >= 15 is 0 Å². The molecule has 1 amide bonds. The Labute approximate surface area is 209 Å². The largest absolute Gasteiger partial charge is 0.335 e. The van der Waals surface area contributed by atoms with Crippen LogP contribution in [0.2, 0.25) is 0 Å². The third-order valence-corrected chi connectivity index (χ3v) is 6.74. The summed E-state index contributed by atoms with van der Waals surface area (Å²) in [5.41, 5.74) is 5.58. The van der Waals surface area contributed by atoms with Gasteiger partial charge in [0.25, 0.3) is 0 Å². The zero-order valence-electron chi connectivity index (χ0n) is 20.7. The van der Waals surface area contributed by atoms with E-state index in [1.54, 1.807) is 0 Å². The van der Waals surface area contributed by atoms with Gasteiger partial charge >= 0.3 is 0 Å². The molecule has 182 valence electrons. The molecule has 0 saturated carbocycles. The number of anilines is 1. The van der Waals surface area contributed by atoms with Gasteiger partial charge in [-0.3, -0.25) is 4.79 Å². The monoisotopic (exact) mass is 489 g/mol. The lowest BCUT2D eigenvalue weighted by molar-refractivity contribution is -0.115. The number of carbonyl (C=O) groups excluding carboxylic acids is 1. The van der Waals surface area contributed by atoms with Crippen molar-refractivity contribution in [3.05, 3.63) is 71.5 Å². The van der Waals surface area contributed by atoms with Gasteiger partial charge in [0.2, 0.25) is 11.1 Å². The predicted molar refractivity (Wildman–Crippen MR) is 141 cm³/mol. The van der Waals surface area contributed by atoms with Crippen LogP contribution in [-0.4, -0.2) is 36.3 Å². The Hall–Kier alpha value is -3.59. The van der Waals surface area contributed by atoms with Crippen molar-refractivity contribution >= 4 is 23.4 Å². The fourth-order valence-corrected chi connectivity index (χ4v) is 4.57. The molecule has 2 aromatic heterocycles. The van der Waals surface area contributed by atoms with Crippen LogP contribution in [0.25, 0.3) is 17.1 Å². The molecule has 0 radical (unpaired) electrons. The third-order valence-electron chi connectivity index (χ3n) is 5.79. The van der Waals surface area contributed by atoms with Crippen LogP contribution >= 0.6 is 11.8 Å². The Morgan fingerprint density at radius 3 is 2.37 bits per heavy atom. The highest BCUT2D eigenvalue weighted by atomic mass is 32.2. The average molecular weight is 490 g/mol. The molecule has 3 N–H and O–H groups in total. The van der Waals surface area contributed by atoms with Crippen molar-refractivity contribution in [2.45, 2.75) is 51.6 Å². The summed E-state index contributed by atoms with van der Waals surface area (Å²) in [6.07, 6.45) is 0.308. The summed E-state index contributed by atoms with van der Waals surface area (Å²) in [7, 11) is 0. The zero-order valence-corrected chi connectivity index (χ0v) is 21.6. The molecule has 0 aliphatic carbocycles. The maximum atomic E-state index is 12.6. The molecule has 0 aliphatic rings. The number of hydrogen-bond donors (Lipinski definition) is 2. The summed E-state index contributed by atoms with van der Waals surface area (Å²) in [4.78, 5) is 12.6. The van der Waals surface area contributed by atoms with Crippen molar-refractivity contribution in [3.8, 4) is 17.1 Å². The minimum absolute atomic E-state index is 0.0772. The van der Waals surface area contributed by atoms with Gasteiger partial charge in [0.1, 0.15) is 0 Å². The van der Waals surface area contributed by atoms with Crippen molar-refractivity contribution in [2.75, 3.05) is 16.9 Å². The molecule has 35 heavy (non-hydrogen) atoms. The number of nitrogens with one attached hydrogen (secondary N) is 1. The molecule has 4 aromatic rings. The van der Waals surface area contributed by atoms with Gasteiger partial charge in [0.05, 0.1) is 22.8 Å². The number of carbonyl (C=O) groups is 1. The Balaban J connectivity index is 1.36. The minimum Gasteiger partial charge on any atom is -0.335 e. The summed E-state index contributed by atoms with van der Waals surface area (Å²) < 4.78 is 3.32. The first-order valence-electron chi connectivity index (χ1n) is 11.5. The standard InChI is InChI=1S/C26H31N7OS/c1-17-23(18(2)33(31-17)21-9-7-6-8-10-21)28-22(34)15-16-35-25-30-29-24(32(25)27)19-11-13-20(14-12-19)26(3,4)5/h6-14H,15-16,27H2,1-5H3,(H,28,34). The molecule has 4 rings (SSSR count). The lowest BCUT2D eigenvalue weighted by atomic mass is 9.87. The molecule has 0 aliphatic heterocycles. The van der Waals surface area contributed by atoms with E-state index in [-0.39, 0.29) is 11.3 Å². The SMILES string of the molecule is Cc1nn(-c2ccccc2)c(C)c1NC(=O)CCSc1nnc(-c2ccc(C(C)(C)C)cc2)n1N. The van der Waals surface area contributed by atoms with Crippen LogP contribution in [0.5, 0.6) is 0 Å². The number of rotatable bonds is 7. The number of thioether (sulfide) groups is 1. The van der Waals surface area contributed by atoms with Crippen LogP contribution in [0, 0.1) is 13.8 Å². The Morgan fingerprint density at radius 2 is 1.71 bits per heavy atom. The summed E-state index contributed by atoms with van der Waals surface area (Å²) in [5.74, 6) is 7.29. The Kier molecular flexibility index (Phi) is 6.98. The lowest BCUT2D eigenvalue weighted by Crippen LogP contribution is -2.15. The fraction of sp³-hybridized carbons (Fsp3) is 0.308. The van der Waals surface area contributed by atoms with Crippen LogP contribution in [0.4, 0.5) is 5.69 Å². The highest BCUT2D eigenvalue weighted by Gasteiger charge is 2.18. The molecule has 0 atom stereocenters. The van der Waals surface area contributed by atoms with Crippen molar-refractivity contribution in [2.24, 2.45) is 0 Å². The van der Waals surface area contributed by atoms with Gasteiger partial charge in [-0.05, 0) is 37.0 Å². The zero-order chi connectivity index (χ0) is 25.2. The van der Waals surface area contributed by atoms with Crippen molar-refractivity contribution in [3.63, 3.8) is 0 Å². The molecule has 0 unspecified atom stereocenters. The Morgan fingerprint density at radius 1 is 1.03 bits per heavy atom. The number of nitrogens with zero attached hydrogens (tertiary/aromatic N) is 5. The number of aromatic nitrogens is 5. The maximum absolute atomic E-state index is 12.6. The van der Waals surface area contributed by atoms with Crippen molar-refractivity contribution < 1.29 is 4.79 Å². The van der Waals surface area contributed by atoms with E-state index in [2.05, 4.69) is 53.5 Å². The van der Waals surface area contributed by atoms with Crippen LogP contribution in [0.3, 0.4) is 0 Å². The van der Waals surface area contributed by atoms with E-state index < -0.39 is 0 Å². The van der Waals surface area contributed by atoms with E-state index in [0.717, 1.165) is 28.3 Å². The molecule has 0 saturated heterocycles. The van der Waals surface area contributed by atoms with Gasteiger partial charge in [-0.2, -0.15) is 5.10 Å². The summed E-state index contributed by atoms with van der Waals surface area (Å²) >= 11 is 1.40. The fourth-order valence-electron chi connectivity index (χ4n) is 3.77. The van der Waals surface area contributed by atoms with E-state index in [4.69, 9.17) is 5.84 Å². The smallest absolute Gasteiger partial charge is 0.225 e. The number of benzene rings is 2. The highest BCUT2D eigenvalue weighted by Crippen LogP contribution is 2.27. The van der Waals surface area contributed by atoms with Crippen LogP contribution in [0.15, 0.2) is 59.8 Å². The van der Waals surface area contributed by atoms with Gasteiger partial charge < -0.3 is 11.2 Å². The van der Waals surface area contributed by atoms with Gasteiger partial charge in [-0.25, -0.2) is 9.36 Å². The first kappa shape index (κ1) is 24.5. The normalized spacial score (nSPS) is 11.6. The number of aryl methyl sites for hydroxylation is 1. The van der Waals surface area contributed by atoms with Gasteiger partial charge in [0.15, 0.2) is 5.82 Å². The lowest BCUT2D eigenvalue weighted by Gasteiger charge is -2.19. The van der Waals surface area contributed by atoms with E-state index in [1.165, 1.54) is 22.0 Å². The first-order chi connectivity index (χ1) is 16.6. The molecule has 0 fully saturated rings.